The molecule has 0 radical (unpaired) electrons. The molecule has 4 nitrogen and oxygen atoms in total. The minimum atomic E-state index is 0.452. The van der Waals surface area contributed by atoms with Crippen molar-refractivity contribution in [3.8, 4) is 0 Å². The van der Waals surface area contributed by atoms with Crippen molar-refractivity contribution >= 4 is 5.69 Å². The van der Waals surface area contributed by atoms with E-state index in [0.717, 1.165) is 37.3 Å². The van der Waals surface area contributed by atoms with E-state index in [-0.39, 0.29) is 0 Å². The number of rotatable bonds is 5. The largest absolute Gasteiger partial charge is 0.398 e. The van der Waals surface area contributed by atoms with E-state index in [1.54, 1.807) is 6.20 Å². The van der Waals surface area contributed by atoms with Crippen LogP contribution < -0.4 is 11.1 Å². The van der Waals surface area contributed by atoms with E-state index < -0.39 is 0 Å². The maximum Gasteiger partial charge on any atom is 0.0495 e. The van der Waals surface area contributed by atoms with Gasteiger partial charge in [-0.05, 0) is 43.9 Å². The number of hydrogen-bond donors (Lipinski definition) is 2. The lowest BCUT2D eigenvalue weighted by molar-refractivity contribution is 0.181. The first-order chi connectivity index (χ1) is 8.29. The molecule has 2 rings (SSSR count). The Morgan fingerprint density at radius 3 is 3.18 bits per heavy atom. The van der Waals surface area contributed by atoms with Crippen LogP contribution in [0.25, 0.3) is 0 Å². The fraction of sp³-hybridized carbons (Fsp3) is 0.615. The van der Waals surface area contributed by atoms with Gasteiger partial charge in [0.25, 0.3) is 0 Å². The molecule has 1 saturated heterocycles. The van der Waals surface area contributed by atoms with Crippen molar-refractivity contribution in [1.29, 1.82) is 0 Å². The SMILES string of the molecule is CNC(Cc1cnccc1N)CC1CCOC1. The Hall–Kier alpha value is -1.13. The summed E-state index contributed by atoms with van der Waals surface area (Å²) < 4.78 is 5.41. The Labute approximate surface area is 103 Å². The van der Waals surface area contributed by atoms with E-state index in [2.05, 4.69) is 10.3 Å². The van der Waals surface area contributed by atoms with Crippen LogP contribution in [-0.2, 0) is 11.2 Å². The first kappa shape index (κ1) is 12.3. The van der Waals surface area contributed by atoms with Crippen molar-refractivity contribution in [2.75, 3.05) is 26.0 Å². The molecule has 17 heavy (non-hydrogen) atoms. The van der Waals surface area contributed by atoms with Crippen molar-refractivity contribution in [2.45, 2.75) is 25.3 Å². The van der Waals surface area contributed by atoms with E-state index in [0.29, 0.717) is 12.0 Å². The Balaban J connectivity index is 1.92. The third-order valence-corrected chi connectivity index (χ3v) is 3.46. The van der Waals surface area contributed by atoms with Gasteiger partial charge in [0, 0.05) is 37.3 Å². The van der Waals surface area contributed by atoms with Crippen LogP contribution in [0.3, 0.4) is 0 Å². The molecule has 0 amide bonds. The van der Waals surface area contributed by atoms with E-state index in [4.69, 9.17) is 10.5 Å². The lowest BCUT2D eigenvalue weighted by atomic mass is 9.95. The van der Waals surface area contributed by atoms with Gasteiger partial charge in [0.15, 0.2) is 0 Å². The van der Waals surface area contributed by atoms with Crippen molar-refractivity contribution in [2.24, 2.45) is 5.92 Å². The van der Waals surface area contributed by atoms with Crippen LogP contribution in [0.4, 0.5) is 5.69 Å². The van der Waals surface area contributed by atoms with Crippen molar-refractivity contribution < 1.29 is 4.74 Å². The molecule has 0 aliphatic carbocycles. The molecule has 0 bridgehead atoms. The molecule has 4 heteroatoms. The standard InChI is InChI=1S/C13H21N3O/c1-15-12(6-10-3-5-17-9-10)7-11-8-16-4-2-13(11)14/h2,4,8,10,12,15H,3,5-7,9H2,1H3,(H2,14,16). The van der Waals surface area contributed by atoms with Crippen LogP contribution in [0.5, 0.6) is 0 Å². The Morgan fingerprint density at radius 1 is 1.65 bits per heavy atom. The molecular weight excluding hydrogens is 214 g/mol. The summed E-state index contributed by atoms with van der Waals surface area (Å²) in [5.74, 6) is 0.686. The highest BCUT2D eigenvalue weighted by molar-refractivity contribution is 5.44. The van der Waals surface area contributed by atoms with Crippen LogP contribution in [0.1, 0.15) is 18.4 Å². The zero-order valence-electron chi connectivity index (χ0n) is 10.4. The topological polar surface area (TPSA) is 60.2 Å². The molecule has 1 aromatic heterocycles. The summed E-state index contributed by atoms with van der Waals surface area (Å²) in [6.45, 7) is 1.82. The summed E-state index contributed by atoms with van der Waals surface area (Å²) >= 11 is 0. The number of anilines is 1. The van der Waals surface area contributed by atoms with Gasteiger partial charge in [0.05, 0.1) is 0 Å². The van der Waals surface area contributed by atoms with Gasteiger partial charge in [0.2, 0.25) is 0 Å². The summed E-state index contributed by atoms with van der Waals surface area (Å²) in [6, 6.07) is 2.31. The normalized spacial score (nSPS) is 21.6. The second-order valence-electron chi connectivity index (χ2n) is 4.73. The number of pyridine rings is 1. The van der Waals surface area contributed by atoms with Gasteiger partial charge in [-0.25, -0.2) is 0 Å². The van der Waals surface area contributed by atoms with E-state index in [1.807, 2.05) is 19.3 Å². The van der Waals surface area contributed by atoms with Crippen molar-refractivity contribution in [1.82, 2.24) is 10.3 Å². The Bertz CT molecular complexity index is 350. The molecule has 1 aromatic rings. The monoisotopic (exact) mass is 235 g/mol. The molecule has 2 atom stereocenters. The molecule has 0 spiro atoms. The minimum absolute atomic E-state index is 0.452. The van der Waals surface area contributed by atoms with Crippen molar-refractivity contribution in [3.05, 3.63) is 24.0 Å². The molecule has 0 aromatic carbocycles. The quantitative estimate of drug-likeness (QED) is 0.805. The summed E-state index contributed by atoms with van der Waals surface area (Å²) in [7, 11) is 2.01. The van der Waals surface area contributed by atoms with Crippen LogP contribution in [0, 0.1) is 5.92 Å². The fourth-order valence-corrected chi connectivity index (χ4v) is 2.35. The van der Waals surface area contributed by atoms with Gasteiger partial charge in [-0.3, -0.25) is 4.98 Å². The predicted molar refractivity (Wildman–Crippen MR) is 68.7 cm³/mol. The highest BCUT2D eigenvalue weighted by Gasteiger charge is 2.20. The van der Waals surface area contributed by atoms with E-state index in [9.17, 15) is 0 Å². The average Bonchev–Trinajstić information content (AvgIpc) is 2.84. The molecule has 0 saturated carbocycles. The third kappa shape index (κ3) is 3.41. The molecule has 1 aliphatic heterocycles. The van der Waals surface area contributed by atoms with Crippen LogP contribution >= 0.6 is 0 Å². The number of aromatic nitrogens is 1. The molecular formula is C13H21N3O. The second-order valence-corrected chi connectivity index (χ2v) is 4.73. The summed E-state index contributed by atoms with van der Waals surface area (Å²) in [5, 5.41) is 3.37. The Morgan fingerprint density at radius 2 is 2.53 bits per heavy atom. The Kier molecular flexibility index (Phi) is 4.34. The first-order valence-corrected chi connectivity index (χ1v) is 6.23. The maximum atomic E-state index is 5.94. The summed E-state index contributed by atoms with van der Waals surface area (Å²) in [5.41, 5.74) is 7.91. The molecule has 94 valence electrons. The fourth-order valence-electron chi connectivity index (χ4n) is 2.35. The lowest BCUT2D eigenvalue weighted by Gasteiger charge is -2.19. The summed E-state index contributed by atoms with van der Waals surface area (Å²) in [4.78, 5) is 4.13. The average molecular weight is 235 g/mol. The van der Waals surface area contributed by atoms with Gasteiger partial charge in [-0.1, -0.05) is 0 Å². The molecule has 1 fully saturated rings. The number of likely N-dealkylation sites (N-methyl/N-ethyl adjacent to an activating group) is 1. The lowest BCUT2D eigenvalue weighted by Crippen LogP contribution is -2.30. The zero-order chi connectivity index (χ0) is 12.1. The highest BCUT2D eigenvalue weighted by Crippen LogP contribution is 2.21. The second kappa shape index (κ2) is 5.98. The van der Waals surface area contributed by atoms with Gasteiger partial charge in [-0.2, -0.15) is 0 Å². The minimum Gasteiger partial charge on any atom is -0.398 e. The maximum absolute atomic E-state index is 5.94. The van der Waals surface area contributed by atoms with Crippen LogP contribution in [0.15, 0.2) is 18.5 Å². The van der Waals surface area contributed by atoms with E-state index >= 15 is 0 Å². The van der Waals surface area contributed by atoms with Crippen LogP contribution in [0.2, 0.25) is 0 Å². The zero-order valence-corrected chi connectivity index (χ0v) is 10.4. The van der Waals surface area contributed by atoms with Crippen molar-refractivity contribution in [3.63, 3.8) is 0 Å². The number of nitrogens with one attached hydrogen (secondary N) is 1. The third-order valence-electron chi connectivity index (χ3n) is 3.46. The van der Waals surface area contributed by atoms with Gasteiger partial charge in [0.1, 0.15) is 0 Å². The smallest absolute Gasteiger partial charge is 0.0495 e. The highest BCUT2D eigenvalue weighted by atomic mass is 16.5. The number of nitrogens with zero attached hydrogens (tertiary/aromatic N) is 1. The van der Waals surface area contributed by atoms with Gasteiger partial charge < -0.3 is 15.8 Å². The molecule has 2 unspecified atom stereocenters. The number of nitrogen functional groups attached to an aromatic ring is 1. The van der Waals surface area contributed by atoms with E-state index in [1.165, 1.54) is 6.42 Å². The molecule has 3 N–H and O–H groups in total. The number of nitrogens with two attached hydrogens (primary N) is 1. The molecule has 1 aliphatic rings. The number of hydrogen-bond acceptors (Lipinski definition) is 4. The molecule has 2 heterocycles. The van der Waals surface area contributed by atoms with Gasteiger partial charge in [-0.15, -0.1) is 0 Å². The first-order valence-electron chi connectivity index (χ1n) is 6.23. The predicted octanol–water partition coefficient (Wildman–Crippen LogP) is 1.22. The number of ether oxygens (including phenoxy) is 1. The summed E-state index contributed by atoms with van der Waals surface area (Å²) in [6.07, 6.45) is 6.86. The van der Waals surface area contributed by atoms with Gasteiger partial charge >= 0.3 is 0 Å². The van der Waals surface area contributed by atoms with Crippen LogP contribution in [-0.4, -0.2) is 31.3 Å².